The van der Waals surface area contributed by atoms with Gasteiger partial charge in [-0.15, -0.1) is 0 Å². The molecule has 20 heavy (non-hydrogen) atoms. The highest BCUT2D eigenvalue weighted by Gasteiger charge is 2.25. The first-order valence-corrected chi connectivity index (χ1v) is 6.24. The van der Waals surface area contributed by atoms with E-state index in [0.29, 0.717) is 30.0 Å². The third-order valence-electron chi connectivity index (χ3n) is 3.31. The van der Waals surface area contributed by atoms with E-state index in [0.717, 1.165) is 6.42 Å². The Morgan fingerprint density at radius 3 is 2.45 bits per heavy atom. The quantitative estimate of drug-likeness (QED) is 0.606. The fourth-order valence-corrected chi connectivity index (χ4v) is 2.28. The zero-order valence-electron chi connectivity index (χ0n) is 11.4. The number of ether oxygens (including phenoxy) is 2. The standard InChI is InChI=1S/C13H16N2O5/c1-19-11-6-9(8-14-5-3-4-13(14)16)10(15(17)18)7-12(11)20-2/h6-7H,3-5,8H2,1-2H3. The molecule has 0 bridgehead atoms. The number of nitro groups is 1. The number of nitrogens with zero attached hydrogens (tertiary/aromatic N) is 2. The Morgan fingerprint density at radius 1 is 1.30 bits per heavy atom. The Hall–Kier alpha value is -2.31. The predicted octanol–water partition coefficient (Wildman–Crippen LogP) is 1.73. The lowest BCUT2D eigenvalue weighted by atomic mass is 10.1. The summed E-state index contributed by atoms with van der Waals surface area (Å²) in [6, 6.07) is 2.89. The zero-order valence-corrected chi connectivity index (χ0v) is 11.4. The number of benzene rings is 1. The molecule has 0 N–H and O–H groups in total. The van der Waals surface area contributed by atoms with Crippen LogP contribution in [0.25, 0.3) is 0 Å². The first-order valence-electron chi connectivity index (χ1n) is 6.24. The Balaban J connectivity index is 2.38. The highest BCUT2D eigenvalue weighted by atomic mass is 16.6. The van der Waals surface area contributed by atoms with Gasteiger partial charge in [0.2, 0.25) is 5.91 Å². The molecule has 108 valence electrons. The molecule has 7 heteroatoms. The van der Waals surface area contributed by atoms with Gasteiger partial charge in [0, 0.05) is 13.0 Å². The van der Waals surface area contributed by atoms with Crippen molar-refractivity contribution < 1.29 is 19.2 Å². The number of nitro benzene ring substituents is 1. The van der Waals surface area contributed by atoms with Crippen LogP contribution in [-0.4, -0.2) is 36.5 Å². The molecule has 1 heterocycles. The number of methoxy groups -OCH3 is 2. The van der Waals surface area contributed by atoms with Crippen LogP contribution in [0.5, 0.6) is 11.5 Å². The fourth-order valence-electron chi connectivity index (χ4n) is 2.28. The molecular weight excluding hydrogens is 264 g/mol. The van der Waals surface area contributed by atoms with Crippen LogP contribution in [0.1, 0.15) is 18.4 Å². The van der Waals surface area contributed by atoms with E-state index in [9.17, 15) is 14.9 Å². The molecule has 0 aromatic heterocycles. The number of amides is 1. The van der Waals surface area contributed by atoms with Gasteiger partial charge in [-0.1, -0.05) is 0 Å². The van der Waals surface area contributed by atoms with Gasteiger partial charge in [-0.3, -0.25) is 14.9 Å². The van der Waals surface area contributed by atoms with Crippen molar-refractivity contribution >= 4 is 11.6 Å². The minimum absolute atomic E-state index is 0.0223. The third kappa shape index (κ3) is 2.66. The number of carbonyl (C=O) groups is 1. The van der Waals surface area contributed by atoms with Gasteiger partial charge in [-0.2, -0.15) is 0 Å². The van der Waals surface area contributed by atoms with Gasteiger partial charge >= 0.3 is 0 Å². The summed E-state index contributed by atoms with van der Waals surface area (Å²) in [4.78, 5) is 23.9. The highest BCUT2D eigenvalue weighted by Crippen LogP contribution is 2.35. The summed E-state index contributed by atoms with van der Waals surface area (Å²) in [7, 11) is 2.89. The van der Waals surface area contributed by atoms with Crippen molar-refractivity contribution in [2.75, 3.05) is 20.8 Å². The van der Waals surface area contributed by atoms with Crippen molar-refractivity contribution in [3.05, 3.63) is 27.8 Å². The molecule has 0 spiro atoms. The molecule has 2 rings (SSSR count). The molecule has 1 aliphatic heterocycles. The molecule has 1 amide bonds. The summed E-state index contributed by atoms with van der Waals surface area (Å²) >= 11 is 0. The summed E-state index contributed by atoms with van der Waals surface area (Å²) in [6.07, 6.45) is 1.29. The minimum Gasteiger partial charge on any atom is -0.493 e. The van der Waals surface area contributed by atoms with Crippen molar-refractivity contribution in [2.24, 2.45) is 0 Å². The maximum Gasteiger partial charge on any atom is 0.278 e. The van der Waals surface area contributed by atoms with Crippen LogP contribution < -0.4 is 9.47 Å². The smallest absolute Gasteiger partial charge is 0.278 e. The van der Waals surface area contributed by atoms with E-state index in [1.807, 2.05) is 0 Å². The van der Waals surface area contributed by atoms with Gasteiger partial charge in [0.25, 0.3) is 5.69 Å². The summed E-state index contributed by atoms with van der Waals surface area (Å²) in [5, 5.41) is 11.2. The molecule has 0 atom stereocenters. The minimum atomic E-state index is -0.474. The van der Waals surface area contributed by atoms with E-state index in [1.54, 1.807) is 11.0 Å². The van der Waals surface area contributed by atoms with Crippen LogP contribution in [0.4, 0.5) is 5.69 Å². The maximum atomic E-state index is 11.6. The molecule has 7 nitrogen and oxygen atoms in total. The molecule has 1 aliphatic rings. The number of carbonyl (C=O) groups excluding carboxylic acids is 1. The molecule has 1 aromatic rings. The average molecular weight is 280 g/mol. The van der Waals surface area contributed by atoms with E-state index in [2.05, 4.69) is 0 Å². The van der Waals surface area contributed by atoms with Gasteiger partial charge in [0.15, 0.2) is 11.5 Å². The van der Waals surface area contributed by atoms with Crippen molar-refractivity contribution in [1.29, 1.82) is 0 Å². The number of rotatable bonds is 5. The molecule has 0 aliphatic carbocycles. The van der Waals surface area contributed by atoms with E-state index in [-0.39, 0.29) is 18.1 Å². The van der Waals surface area contributed by atoms with Gasteiger partial charge < -0.3 is 14.4 Å². The topological polar surface area (TPSA) is 81.9 Å². The largest absolute Gasteiger partial charge is 0.493 e. The normalized spacial score (nSPS) is 14.5. The molecule has 1 aromatic carbocycles. The second-order valence-electron chi connectivity index (χ2n) is 4.51. The number of hydrogen-bond donors (Lipinski definition) is 0. The highest BCUT2D eigenvalue weighted by molar-refractivity contribution is 5.78. The van der Waals surface area contributed by atoms with E-state index in [4.69, 9.17) is 9.47 Å². The monoisotopic (exact) mass is 280 g/mol. The second kappa shape index (κ2) is 5.77. The van der Waals surface area contributed by atoms with Gasteiger partial charge in [-0.05, 0) is 12.5 Å². The Kier molecular flexibility index (Phi) is 4.07. The van der Waals surface area contributed by atoms with Crippen LogP contribution in [0.3, 0.4) is 0 Å². The average Bonchev–Trinajstić information content (AvgIpc) is 2.83. The first kappa shape index (κ1) is 14.1. The number of likely N-dealkylation sites (tertiary alicyclic amines) is 1. The van der Waals surface area contributed by atoms with Gasteiger partial charge in [0.05, 0.1) is 37.3 Å². The zero-order chi connectivity index (χ0) is 14.7. The van der Waals surface area contributed by atoms with Crippen molar-refractivity contribution in [3.63, 3.8) is 0 Å². The van der Waals surface area contributed by atoms with Gasteiger partial charge in [-0.25, -0.2) is 0 Å². The van der Waals surface area contributed by atoms with Crippen molar-refractivity contribution in [3.8, 4) is 11.5 Å². The molecule has 0 radical (unpaired) electrons. The third-order valence-corrected chi connectivity index (χ3v) is 3.31. The molecule has 1 fully saturated rings. The Bertz CT molecular complexity index is 544. The molecule has 1 saturated heterocycles. The maximum absolute atomic E-state index is 11.6. The van der Waals surface area contributed by atoms with E-state index < -0.39 is 4.92 Å². The summed E-state index contributed by atoms with van der Waals surface area (Å²) < 4.78 is 10.2. The fraction of sp³-hybridized carbons (Fsp3) is 0.462. The van der Waals surface area contributed by atoms with Gasteiger partial charge in [0.1, 0.15) is 0 Å². The van der Waals surface area contributed by atoms with Crippen LogP contribution in [0, 0.1) is 10.1 Å². The lowest BCUT2D eigenvalue weighted by molar-refractivity contribution is -0.385. The van der Waals surface area contributed by atoms with Crippen LogP contribution in [-0.2, 0) is 11.3 Å². The lowest BCUT2D eigenvalue weighted by Gasteiger charge is -2.17. The van der Waals surface area contributed by atoms with Crippen molar-refractivity contribution in [1.82, 2.24) is 4.90 Å². The molecule has 0 unspecified atom stereocenters. The molecule has 0 saturated carbocycles. The summed E-state index contributed by atoms with van der Waals surface area (Å²) in [5.41, 5.74) is 0.380. The first-order chi connectivity index (χ1) is 9.56. The van der Waals surface area contributed by atoms with Crippen LogP contribution >= 0.6 is 0 Å². The van der Waals surface area contributed by atoms with Crippen LogP contribution in [0.15, 0.2) is 12.1 Å². The Labute approximate surface area is 116 Å². The molecular formula is C13H16N2O5. The SMILES string of the molecule is COc1cc(CN2CCCC2=O)c([N+](=O)[O-])cc1OC. The lowest BCUT2D eigenvalue weighted by Crippen LogP contribution is -2.24. The summed E-state index contributed by atoms with van der Waals surface area (Å²) in [5.74, 6) is 0.740. The second-order valence-corrected chi connectivity index (χ2v) is 4.51. The van der Waals surface area contributed by atoms with Crippen LogP contribution in [0.2, 0.25) is 0 Å². The van der Waals surface area contributed by atoms with Crippen molar-refractivity contribution in [2.45, 2.75) is 19.4 Å². The number of hydrogen-bond acceptors (Lipinski definition) is 5. The van der Waals surface area contributed by atoms with E-state index in [1.165, 1.54) is 20.3 Å². The Morgan fingerprint density at radius 2 is 1.95 bits per heavy atom. The summed E-state index contributed by atoms with van der Waals surface area (Å²) in [6.45, 7) is 0.847. The van der Waals surface area contributed by atoms with E-state index >= 15 is 0 Å². The predicted molar refractivity (Wildman–Crippen MR) is 70.9 cm³/mol.